The van der Waals surface area contributed by atoms with Crippen LogP contribution in [0.1, 0.15) is 37.5 Å². The molecule has 10 heteroatoms. The molecule has 0 fully saturated rings. The van der Waals surface area contributed by atoms with Crippen LogP contribution in [0.15, 0.2) is 89.6 Å². The van der Waals surface area contributed by atoms with E-state index in [0.29, 0.717) is 16.7 Å². The van der Waals surface area contributed by atoms with Gasteiger partial charge in [0.1, 0.15) is 23.3 Å². The molecule has 0 spiro atoms. The summed E-state index contributed by atoms with van der Waals surface area (Å²) in [6, 6.07) is 25.2. The smallest absolute Gasteiger partial charge is 0.348 e. The number of carbonyl (C=O) groups excluding carboxylic acids is 3. The molecule has 0 amide bonds. The Kier molecular flexibility index (Phi) is 12.6. The van der Waals surface area contributed by atoms with Gasteiger partial charge in [-0.1, -0.05) is 36.4 Å². The van der Waals surface area contributed by atoms with E-state index in [4.69, 9.17) is 20.8 Å². The number of nitriles is 2. The Morgan fingerprint density at radius 2 is 0.957 bits per heavy atom. The third-order valence-corrected chi connectivity index (χ3v) is 6.22. The summed E-state index contributed by atoms with van der Waals surface area (Å²) >= 11 is 0. The summed E-state index contributed by atoms with van der Waals surface area (Å²) in [5.41, 5.74) is 3.66. The average Bonchev–Trinajstić information content (AvgIpc) is 3.07. The number of benzene rings is 3. The predicted molar refractivity (Wildman–Crippen MR) is 173 cm³/mol. The minimum absolute atomic E-state index is 0.125. The maximum absolute atomic E-state index is 12.1. The van der Waals surface area contributed by atoms with E-state index >= 15 is 0 Å². The number of ether oxygens (including phenoxy) is 3. The zero-order valence-electron chi connectivity index (χ0n) is 25.5. The molecule has 230 valence electrons. The topological polar surface area (TPSA) is 134 Å². The summed E-state index contributed by atoms with van der Waals surface area (Å²) in [7, 11) is 0. The van der Waals surface area contributed by atoms with Gasteiger partial charge in [0.15, 0.2) is 0 Å². The van der Waals surface area contributed by atoms with Crippen molar-refractivity contribution in [2.24, 2.45) is 0 Å². The summed E-state index contributed by atoms with van der Waals surface area (Å²) in [5, 5.41) is 18.8. The molecule has 3 aromatic rings. The van der Waals surface area contributed by atoms with Crippen LogP contribution in [0.25, 0.3) is 23.1 Å². The van der Waals surface area contributed by atoms with Crippen LogP contribution in [-0.4, -0.2) is 37.7 Å². The molecule has 10 nitrogen and oxygen atoms in total. The van der Waals surface area contributed by atoms with Gasteiger partial charge in [-0.15, -0.1) is 0 Å². The number of esters is 3. The van der Waals surface area contributed by atoms with Crippen molar-refractivity contribution in [3.05, 3.63) is 118 Å². The fourth-order valence-corrected chi connectivity index (χ4v) is 4.13. The van der Waals surface area contributed by atoms with Crippen molar-refractivity contribution < 1.29 is 28.6 Å². The molecule has 0 heterocycles. The number of hydrogen-bond donors (Lipinski definition) is 0. The second-order valence-electron chi connectivity index (χ2n) is 9.25. The first-order valence-electron chi connectivity index (χ1n) is 14.2. The summed E-state index contributed by atoms with van der Waals surface area (Å²) < 4.78 is 14.8. The minimum Gasteiger partial charge on any atom is -0.471 e. The quantitative estimate of drug-likeness (QED) is 0.0700. The third kappa shape index (κ3) is 9.03. The van der Waals surface area contributed by atoms with Crippen molar-refractivity contribution in [1.82, 2.24) is 0 Å². The summed E-state index contributed by atoms with van der Waals surface area (Å²) in [4.78, 5) is 41.5. The first-order chi connectivity index (χ1) is 22.3. The molecule has 0 aromatic heterocycles. The Balaban J connectivity index is 2.06. The molecule has 0 atom stereocenters. The molecular weight excluding hydrogens is 584 g/mol. The molecule has 0 radical (unpaired) electrons. The fraction of sp³-hybridized carbons (Fsp3) is 0.167. The number of rotatable bonds is 12. The highest BCUT2D eigenvalue weighted by molar-refractivity contribution is 5.99. The highest BCUT2D eigenvalue weighted by Gasteiger charge is 2.16. The van der Waals surface area contributed by atoms with Gasteiger partial charge in [-0.25, -0.2) is 14.4 Å². The van der Waals surface area contributed by atoms with Crippen molar-refractivity contribution >= 4 is 53.2 Å². The van der Waals surface area contributed by atoms with E-state index < -0.39 is 17.9 Å². The Morgan fingerprint density at radius 3 is 1.26 bits per heavy atom. The molecule has 0 aliphatic carbocycles. The van der Waals surface area contributed by atoms with Crippen LogP contribution >= 0.6 is 0 Å². The number of anilines is 3. The summed E-state index contributed by atoms with van der Waals surface area (Å²) in [6.45, 7) is 12.8. The Labute approximate surface area is 267 Å². The summed E-state index contributed by atoms with van der Waals surface area (Å²) in [5.74, 6) is -2.10. The van der Waals surface area contributed by atoms with Gasteiger partial charge < -0.3 is 19.1 Å². The lowest BCUT2D eigenvalue weighted by Gasteiger charge is -2.26. The van der Waals surface area contributed by atoms with Gasteiger partial charge in [-0.3, -0.25) is 4.79 Å². The molecule has 3 aromatic carbocycles. The van der Waals surface area contributed by atoms with Crippen LogP contribution in [0.5, 0.6) is 0 Å². The fourth-order valence-electron chi connectivity index (χ4n) is 4.13. The van der Waals surface area contributed by atoms with Gasteiger partial charge in [0.2, 0.25) is 0 Å². The van der Waals surface area contributed by atoms with Gasteiger partial charge in [-0.05, 0) is 92.1 Å². The first-order valence-corrected chi connectivity index (χ1v) is 14.2. The molecule has 0 aliphatic rings. The van der Waals surface area contributed by atoms with Crippen LogP contribution in [0, 0.1) is 29.2 Å². The van der Waals surface area contributed by atoms with Crippen LogP contribution in [0.2, 0.25) is 0 Å². The Hall–Kier alpha value is -6.44. The zero-order valence-corrected chi connectivity index (χ0v) is 25.5. The molecule has 3 rings (SSSR count). The maximum Gasteiger partial charge on any atom is 0.348 e. The van der Waals surface area contributed by atoms with Crippen molar-refractivity contribution in [3.8, 4) is 12.1 Å². The standard InChI is InChI=1S/C36H30N4O6/c1-5-44-34(41)28(23-37)20-25-8-14-30(15-9-25)40(31-16-10-26(11-17-31)21-29(24-38)35(42)45-6-2)32-18-12-27(13-19-32)22-33(39-4)36(43)46-7-3/h8-22H,5-7H2,1-3H3/b28-20+,29-21+,33-22-. The highest BCUT2D eigenvalue weighted by Crippen LogP contribution is 2.35. The van der Waals surface area contributed by atoms with Crippen molar-refractivity contribution in [3.63, 3.8) is 0 Å². The van der Waals surface area contributed by atoms with Crippen LogP contribution in [0.3, 0.4) is 0 Å². The van der Waals surface area contributed by atoms with Crippen molar-refractivity contribution in [1.29, 1.82) is 10.5 Å². The number of nitrogens with zero attached hydrogens (tertiary/aromatic N) is 4. The normalized spacial score (nSPS) is 11.3. The van der Waals surface area contributed by atoms with Crippen LogP contribution < -0.4 is 4.90 Å². The molecular formula is C36H30N4O6. The second-order valence-corrected chi connectivity index (χ2v) is 9.25. The summed E-state index contributed by atoms with van der Waals surface area (Å²) in [6.07, 6.45) is 4.35. The van der Waals surface area contributed by atoms with Gasteiger partial charge in [0, 0.05) is 17.1 Å². The van der Waals surface area contributed by atoms with E-state index in [0.717, 1.165) is 17.1 Å². The van der Waals surface area contributed by atoms with E-state index in [1.165, 1.54) is 18.2 Å². The Bertz CT molecular complexity index is 1570. The van der Waals surface area contributed by atoms with Gasteiger partial charge in [0.25, 0.3) is 5.70 Å². The van der Waals surface area contributed by atoms with E-state index in [2.05, 4.69) is 4.85 Å². The van der Waals surface area contributed by atoms with Crippen molar-refractivity contribution in [2.45, 2.75) is 20.8 Å². The van der Waals surface area contributed by atoms with E-state index in [1.54, 1.807) is 57.2 Å². The monoisotopic (exact) mass is 614 g/mol. The lowest BCUT2D eigenvalue weighted by Crippen LogP contribution is -2.10. The van der Waals surface area contributed by atoms with Crippen LogP contribution in [-0.2, 0) is 28.6 Å². The van der Waals surface area contributed by atoms with Crippen LogP contribution in [0.4, 0.5) is 17.1 Å². The number of carbonyl (C=O) groups is 3. The molecule has 46 heavy (non-hydrogen) atoms. The Morgan fingerprint density at radius 1 is 0.630 bits per heavy atom. The minimum atomic E-state index is -0.703. The molecule has 0 saturated carbocycles. The largest absolute Gasteiger partial charge is 0.471 e. The van der Waals surface area contributed by atoms with Gasteiger partial charge in [-0.2, -0.15) is 10.5 Å². The predicted octanol–water partition coefficient (Wildman–Crippen LogP) is 6.92. The molecule has 0 unspecified atom stereocenters. The van der Waals surface area contributed by atoms with E-state index in [1.807, 2.05) is 53.4 Å². The molecule has 0 aliphatic heterocycles. The van der Waals surface area contributed by atoms with Crippen molar-refractivity contribution in [2.75, 3.05) is 24.7 Å². The highest BCUT2D eigenvalue weighted by atomic mass is 16.5. The lowest BCUT2D eigenvalue weighted by molar-refractivity contribution is -0.138. The lowest BCUT2D eigenvalue weighted by atomic mass is 10.1. The molecule has 0 N–H and O–H groups in total. The SMILES string of the molecule is [C-]#[N+]/C(=C\c1ccc(N(c2ccc(/C=C(\C#N)C(=O)OCC)cc2)c2ccc(/C=C(\C#N)C(=O)OCC)cc2)cc1)C(=O)OCC. The maximum atomic E-state index is 12.1. The average molecular weight is 615 g/mol. The molecule has 0 saturated heterocycles. The second kappa shape index (κ2) is 17.0. The van der Waals surface area contributed by atoms with E-state index in [-0.39, 0.29) is 36.7 Å². The van der Waals surface area contributed by atoms with Gasteiger partial charge in [0.05, 0.1) is 26.4 Å². The van der Waals surface area contributed by atoms with E-state index in [9.17, 15) is 24.9 Å². The third-order valence-electron chi connectivity index (χ3n) is 6.22. The first kappa shape index (κ1) is 34.1. The number of hydrogen-bond acceptors (Lipinski definition) is 9. The van der Waals surface area contributed by atoms with Gasteiger partial charge >= 0.3 is 17.9 Å². The molecule has 0 bridgehead atoms. The zero-order chi connectivity index (χ0) is 33.5.